The van der Waals surface area contributed by atoms with E-state index in [0.717, 1.165) is 17.7 Å². The molecule has 1 saturated heterocycles. The molecule has 1 unspecified atom stereocenters. The van der Waals surface area contributed by atoms with Crippen molar-refractivity contribution in [3.8, 4) is 5.75 Å². The van der Waals surface area contributed by atoms with E-state index in [-0.39, 0.29) is 37.0 Å². The molecule has 0 bridgehead atoms. The fourth-order valence-corrected chi connectivity index (χ4v) is 4.80. The molecule has 1 aliphatic rings. The second kappa shape index (κ2) is 8.69. The molecule has 0 N–H and O–H groups in total. The van der Waals surface area contributed by atoms with Crippen LogP contribution in [-0.4, -0.2) is 55.8 Å². The Hall–Kier alpha value is -2.16. The molecule has 6 nitrogen and oxygen atoms in total. The van der Waals surface area contributed by atoms with Crippen LogP contribution in [0.5, 0.6) is 5.75 Å². The van der Waals surface area contributed by atoms with E-state index >= 15 is 0 Å². The zero-order chi connectivity index (χ0) is 21.2. The molecule has 0 saturated carbocycles. The molecule has 1 heterocycles. The maximum atomic E-state index is 13.1. The molecule has 2 aromatic rings. The Bertz CT molecular complexity index is 990. The van der Waals surface area contributed by atoms with E-state index in [0.29, 0.717) is 10.8 Å². The van der Waals surface area contributed by atoms with E-state index in [2.05, 4.69) is 0 Å². The second-order valence-electron chi connectivity index (χ2n) is 6.85. The van der Waals surface area contributed by atoms with E-state index in [1.54, 1.807) is 30.0 Å². The van der Waals surface area contributed by atoms with Crippen LogP contribution in [0.4, 0.5) is 4.39 Å². The number of halogens is 2. The van der Waals surface area contributed by atoms with Crippen LogP contribution in [0, 0.1) is 12.7 Å². The highest BCUT2D eigenvalue weighted by Gasteiger charge is 2.32. The normalized spacial score (nSPS) is 16.5. The number of ether oxygens (including phenoxy) is 1. The van der Waals surface area contributed by atoms with Crippen molar-refractivity contribution in [1.29, 1.82) is 0 Å². The molecule has 29 heavy (non-hydrogen) atoms. The Morgan fingerprint density at radius 1 is 1.10 bits per heavy atom. The van der Waals surface area contributed by atoms with Gasteiger partial charge in [0.1, 0.15) is 11.6 Å². The van der Waals surface area contributed by atoms with Crippen LogP contribution < -0.4 is 4.74 Å². The lowest BCUT2D eigenvalue weighted by atomic mass is 10.2. The van der Waals surface area contributed by atoms with Gasteiger partial charge in [0.05, 0.1) is 4.90 Å². The number of carbonyl (C=O) groups is 1. The van der Waals surface area contributed by atoms with Crippen LogP contribution in [0.1, 0.15) is 12.5 Å². The van der Waals surface area contributed by atoms with Crippen LogP contribution in [-0.2, 0) is 14.8 Å². The molecule has 1 fully saturated rings. The molecule has 2 aromatic carbocycles. The van der Waals surface area contributed by atoms with Crippen molar-refractivity contribution < 1.29 is 22.3 Å². The lowest BCUT2D eigenvalue weighted by molar-refractivity contribution is -0.139. The Labute approximate surface area is 174 Å². The highest BCUT2D eigenvalue weighted by Crippen LogP contribution is 2.24. The summed E-state index contributed by atoms with van der Waals surface area (Å²) < 4.78 is 45.5. The summed E-state index contributed by atoms with van der Waals surface area (Å²) in [7, 11) is -3.72. The number of amides is 1. The molecule has 156 valence electrons. The zero-order valence-corrected chi connectivity index (χ0v) is 17.7. The SMILES string of the molecule is Cc1cc(Cl)ccc1OC(C)C(=O)N1CCN(S(=O)(=O)c2ccc(F)cc2)CC1. The van der Waals surface area contributed by atoms with Gasteiger partial charge in [0.2, 0.25) is 10.0 Å². The predicted octanol–water partition coefficient (Wildman–Crippen LogP) is 3.09. The number of piperazine rings is 1. The monoisotopic (exact) mass is 440 g/mol. The summed E-state index contributed by atoms with van der Waals surface area (Å²) in [5, 5.41) is 0.590. The average Bonchev–Trinajstić information content (AvgIpc) is 2.70. The van der Waals surface area contributed by atoms with Crippen LogP contribution in [0.15, 0.2) is 47.4 Å². The lowest BCUT2D eigenvalue weighted by Crippen LogP contribution is -2.53. The van der Waals surface area contributed by atoms with Gasteiger partial charge in [0, 0.05) is 31.2 Å². The molecule has 9 heteroatoms. The average molecular weight is 441 g/mol. The van der Waals surface area contributed by atoms with Gasteiger partial charge < -0.3 is 9.64 Å². The number of hydrogen-bond donors (Lipinski definition) is 0. The van der Waals surface area contributed by atoms with E-state index in [1.165, 1.54) is 16.4 Å². The first kappa shape index (κ1) is 21.5. The predicted molar refractivity (Wildman–Crippen MR) is 108 cm³/mol. The van der Waals surface area contributed by atoms with Crippen molar-refractivity contribution >= 4 is 27.5 Å². The van der Waals surface area contributed by atoms with Crippen molar-refractivity contribution in [2.75, 3.05) is 26.2 Å². The largest absolute Gasteiger partial charge is 0.481 e. The molecule has 1 aliphatic heterocycles. The van der Waals surface area contributed by atoms with Gasteiger partial charge in [-0.3, -0.25) is 4.79 Å². The molecule has 0 aromatic heterocycles. The van der Waals surface area contributed by atoms with Gasteiger partial charge in [-0.25, -0.2) is 12.8 Å². The molecule has 0 radical (unpaired) electrons. The second-order valence-corrected chi connectivity index (χ2v) is 9.23. The quantitative estimate of drug-likeness (QED) is 0.716. The maximum absolute atomic E-state index is 13.1. The lowest BCUT2D eigenvalue weighted by Gasteiger charge is -2.35. The summed E-state index contributed by atoms with van der Waals surface area (Å²) >= 11 is 5.94. The number of aryl methyl sites for hydroxylation is 1. The Morgan fingerprint density at radius 2 is 1.72 bits per heavy atom. The molecule has 1 amide bonds. The van der Waals surface area contributed by atoms with E-state index in [1.807, 2.05) is 6.92 Å². The molecular weight excluding hydrogens is 419 g/mol. The van der Waals surface area contributed by atoms with Crippen LogP contribution in [0.2, 0.25) is 5.02 Å². The van der Waals surface area contributed by atoms with E-state index < -0.39 is 21.9 Å². The number of rotatable bonds is 5. The minimum atomic E-state index is -3.72. The minimum Gasteiger partial charge on any atom is -0.481 e. The maximum Gasteiger partial charge on any atom is 0.263 e. The first-order valence-electron chi connectivity index (χ1n) is 9.16. The first-order chi connectivity index (χ1) is 13.7. The topological polar surface area (TPSA) is 66.9 Å². The number of hydrogen-bond acceptors (Lipinski definition) is 4. The Balaban J connectivity index is 1.60. The first-order valence-corrected chi connectivity index (χ1v) is 11.0. The number of sulfonamides is 1. The fourth-order valence-electron chi connectivity index (χ4n) is 3.15. The molecule has 1 atom stereocenters. The van der Waals surface area contributed by atoms with Crippen LogP contribution in [0.25, 0.3) is 0 Å². The van der Waals surface area contributed by atoms with Gasteiger partial charge in [-0.1, -0.05) is 11.6 Å². The standard InChI is InChI=1S/C20H22ClFN2O4S/c1-14-13-16(21)3-8-19(14)28-15(2)20(25)23-9-11-24(12-10-23)29(26,27)18-6-4-17(22)5-7-18/h3-8,13,15H,9-12H2,1-2H3. The van der Waals surface area contributed by atoms with Crippen LogP contribution >= 0.6 is 11.6 Å². The molecule has 0 spiro atoms. The van der Waals surface area contributed by atoms with Crippen molar-refractivity contribution in [1.82, 2.24) is 9.21 Å². The highest BCUT2D eigenvalue weighted by atomic mass is 35.5. The number of benzene rings is 2. The summed E-state index contributed by atoms with van der Waals surface area (Å²) in [5.41, 5.74) is 0.826. The van der Waals surface area contributed by atoms with Gasteiger partial charge in [-0.15, -0.1) is 0 Å². The number of carbonyl (C=O) groups excluding carboxylic acids is 1. The Morgan fingerprint density at radius 3 is 2.31 bits per heavy atom. The van der Waals surface area contributed by atoms with E-state index in [4.69, 9.17) is 16.3 Å². The van der Waals surface area contributed by atoms with Gasteiger partial charge in [-0.2, -0.15) is 4.31 Å². The summed E-state index contributed by atoms with van der Waals surface area (Å²) in [6.07, 6.45) is -0.713. The summed E-state index contributed by atoms with van der Waals surface area (Å²) in [5.74, 6) is -0.129. The molecule has 0 aliphatic carbocycles. The number of nitrogens with zero attached hydrogens (tertiary/aromatic N) is 2. The summed E-state index contributed by atoms with van der Waals surface area (Å²) in [4.78, 5) is 14.3. The minimum absolute atomic E-state index is 0.0357. The van der Waals surface area contributed by atoms with Gasteiger partial charge in [0.15, 0.2) is 6.10 Å². The summed E-state index contributed by atoms with van der Waals surface area (Å²) in [6, 6.07) is 9.88. The highest BCUT2D eigenvalue weighted by molar-refractivity contribution is 7.89. The van der Waals surface area contributed by atoms with Crippen molar-refractivity contribution in [3.05, 3.63) is 58.9 Å². The van der Waals surface area contributed by atoms with Crippen LogP contribution in [0.3, 0.4) is 0 Å². The summed E-state index contributed by atoms with van der Waals surface area (Å²) in [6.45, 7) is 4.35. The zero-order valence-electron chi connectivity index (χ0n) is 16.1. The van der Waals surface area contributed by atoms with Crippen molar-refractivity contribution in [2.24, 2.45) is 0 Å². The third-order valence-corrected chi connectivity index (χ3v) is 6.94. The van der Waals surface area contributed by atoms with Gasteiger partial charge >= 0.3 is 0 Å². The molecule has 3 rings (SSSR count). The molecular formula is C20H22ClFN2O4S. The van der Waals surface area contributed by atoms with Gasteiger partial charge in [-0.05, 0) is 61.9 Å². The van der Waals surface area contributed by atoms with E-state index in [9.17, 15) is 17.6 Å². The Kier molecular flexibility index (Phi) is 6.45. The van der Waals surface area contributed by atoms with Gasteiger partial charge in [0.25, 0.3) is 5.91 Å². The van der Waals surface area contributed by atoms with Crippen molar-refractivity contribution in [2.45, 2.75) is 24.8 Å². The fraction of sp³-hybridized carbons (Fsp3) is 0.350. The third kappa shape index (κ3) is 4.88. The third-order valence-electron chi connectivity index (χ3n) is 4.79. The van der Waals surface area contributed by atoms with Crippen molar-refractivity contribution in [3.63, 3.8) is 0 Å². The smallest absolute Gasteiger partial charge is 0.263 e.